The van der Waals surface area contributed by atoms with E-state index in [0.29, 0.717) is 38.3 Å². The predicted molar refractivity (Wildman–Crippen MR) is 94.6 cm³/mol. The van der Waals surface area contributed by atoms with Crippen molar-refractivity contribution in [3.8, 4) is 11.6 Å². The minimum Gasteiger partial charge on any atom is -0.466 e. The molecule has 0 unspecified atom stereocenters. The molecular formula is C17H19N5O5. The van der Waals surface area contributed by atoms with E-state index in [2.05, 4.69) is 15.0 Å². The average Bonchev–Trinajstić information content (AvgIpc) is 2.69. The summed E-state index contributed by atoms with van der Waals surface area (Å²) in [7, 11) is 0. The van der Waals surface area contributed by atoms with Crippen molar-refractivity contribution in [1.82, 2.24) is 15.0 Å². The molecule has 142 valence electrons. The summed E-state index contributed by atoms with van der Waals surface area (Å²) < 4.78 is 10.6. The maximum atomic E-state index is 11.9. The standard InChI is InChI=1S/C17H19N5O5/c1-2-26-17(23)12-5-8-21(9-6-12)15-14(22(24)25)16(20-11-19-15)27-13-4-3-7-18-10-13/h3-4,7,10-12H,2,5-6,8-9H2,1H3. The van der Waals surface area contributed by atoms with E-state index in [1.165, 1.54) is 12.5 Å². The van der Waals surface area contributed by atoms with Crippen molar-refractivity contribution in [3.63, 3.8) is 0 Å². The van der Waals surface area contributed by atoms with Crippen LogP contribution in [0.4, 0.5) is 11.5 Å². The third kappa shape index (κ3) is 4.27. The minimum absolute atomic E-state index is 0.148. The molecule has 0 saturated carbocycles. The summed E-state index contributed by atoms with van der Waals surface area (Å²) in [6, 6.07) is 3.28. The van der Waals surface area contributed by atoms with Crippen molar-refractivity contribution in [1.29, 1.82) is 0 Å². The summed E-state index contributed by atoms with van der Waals surface area (Å²) in [4.78, 5) is 36.7. The zero-order valence-corrected chi connectivity index (χ0v) is 14.8. The van der Waals surface area contributed by atoms with Gasteiger partial charge in [-0.3, -0.25) is 19.9 Å². The Balaban J connectivity index is 1.81. The van der Waals surface area contributed by atoms with Crippen LogP contribution in [0, 0.1) is 16.0 Å². The molecule has 0 bridgehead atoms. The molecule has 0 spiro atoms. The number of carbonyl (C=O) groups excluding carboxylic acids is 1. The highest BCUT2D eigenvalue weighted by atomic mass is 16.6. The first-order valence-corrected chi connectivity index (χ1v) is 8.59. The van der Waals surface area contributed by atoms with E-state index in [0.717, 1.165) is 0 Å². The number of hydrogen-bond donors (Lipinski definition) is 0. The highest BCUT2D eigenvalue weighted by Gasteiger charge is 2.33. The maximum absolute atomic E-state index is 11.9. The van der Waals surface area contributed by atoms with Crippen LogP contribution in [0.2, 0.25) is 0 Å². The van der Waals surface area contributed by atoms with Crippen molar-refractivity contribution in [2.24, 2.45) is 5.92 Å². The molecule has 0 aliphatic carbocycles. The van der Waals surface area contributed by atoms with Crippen molar-refractivity contribution in [2.75, 3.05) is 24.6 Å². The number of rotatable bonds is 6. The van der Waals surface area contributed by atoms with E-state index < -0.39 is 4.92 Å². The van der Waals surface area contributed by atoms with Gasteiger partial charge in [0.05, 0.1) is 23.6 Å². The second-order valence-electron chi connectivity index (χ2n) is 5.91. The first kappa shape index (κ1) is 18.5. The van der Waals surface area contributed by atoms with Gasteiger partial charge in [-0.15, -0.1) is 0 Å². The topological polar surface area (TPSA) is 121 Å². The number of hydrogen-bond acceptors (Lipinski definition) is 9. The van der Waals surface area contributed by atoms with Gasteiger partial charge in [-0.1, -0.05) is 0 Å². The molecule has 0 radical (unpaired) electrons. The number of anilines is 1. The summed E-state index contributed by atoms with van der Waals surface area (Å²) in [5, 5.41) is 11.7. The fraction of sp³-hybridized carbons (Fsp3) is 0.412. The zero-order valence-electron chi connectivity index (χ0n) is 14.8. The first-order valence-electron chi connectivity index (χ1n) is 8.59. The van der Waals surface area contributed by atoms with E-state index in [-0.39, 0.29) is 29.3 Å². The molecule has 1 aliphatic rings. The Hall–Kier alpha value is -3.30. The van der Waals surface area contributed by atoms with E-state index >= 15 is 0 Å². The Kier molecular flexibility index (Phi) is 5.74. The molecule has 10 nitrogen and oxygen atoms in total. The number of ether oxygens (including phenoxy) is 2. The van der Waals surface area contributed by atoms with Gasteiger partial charge >= 0.3 is 17.5 Å². The van der Waals surface area contributed by atoms with Crippen LogP contribution in [0.1, 0.15) is 19.8 Å². The summed E-state index contributed by atoms with van der Waals surface area (Å²) in [5.74, 6) is -0.0591. The lowest BCUT2D eigenvalue weighted by Gasteiger charge is -2.31. The molecule has 3 heterocycles. The van der Waals surface area contributed by atoms with E-state index in [1.807, 2.05) is 0 Å². The van der Waals surface area contributed by atoms with Crippen LogP contribution >= 0.6 is 0 Å². The van der Waals surface area contributed by atoms with Gasteiger partial charge in [0.15, 0.2) is 0 Å². The van der Waals surface area contributed by atoms with Gasteiger partial charge < -0.3 is 14.4 Å². The monoisotopic (exact) mass is 373 g/mol. The number of nitro groups is 1. The highest BCUT2D eigenvalue weighted by molar-refractivity contribution is 5.73. The van der Waals surface area contributed by atoms with E-state index in [9.17, 15) is 14.9 Å². The van der Waals surface area contributed by atoms with Gasteiger partial charge in [0.25, 0.3) is 0 Å². The van der Waals surface area contributed by atoms with Gasteiger partial charge in [0.1, 0.15) is 12.1 Å². The van der Waals surface area contributed by atoms with Crippen molar-refractivity contribution >= 4 is 17.5 Å². The number of pyridine rings is 1. The molecule has 0 atom stereocenters. The molecule has 1 saturated heterocycles. The summed E-state index contributed by atoms with van der Waals surface area (Å²) in [6.45, 7) is 3.01. The zero-order chi connectivity index (χ0) is 19.2. The molecule has 3 rings (SSSR count). The smallest absolute Gasteiger partial charge is 0.373 e. The largest absolute Gasteiger partial charge is 0.466 e. The fourth-order valence-electron chi connectivity index (χ4n) is 2.93. The highest BCUT2D eigenvalue weighted by Crippen LogP contribution is 2.37. The number of aromatic nitrogens is 3. The SMILES string of the molecule is CCOC(=O)C1CCN(c2ncnc(Oc3cccnc3)c2[N+](=O)[O-])CC1. The number of carbonyl (C=O) groups is 1. The Labute approximate surface area is 155 Å². The number of esters is 1. The number of piperidine rings is 1. The van der Waals surface area contributed by atoms with E-state index in [1.54, 1.807) is 30.2 Å². The average molecular weight is 373 g/mol. The van der Waals surface area contributed by atoms with Crippen LogP contribution < -0.4 is 9.64 Å². The first-order chi connectivity index (χ1) is 13.1. The molecule has 10 heteroatoms. The Bertz CT molecular complexity index is 809. The normalized spacial score (nSPS) is 14.6. The van der Waals surface area contributed by atoms with Crippen molar-refractivity contribution in [3.05, 3.63) is 41.0 Å². The van der Waals surface area contributed by atoms with Crippen LogP contribution in [0.25, 0.3) is 0 Å². The predicted octanol–water partition coefficient (Wildman–Crippen LogP) is 2.35. The summed E-state index contributed by atoms with van der Waals surface area (Å²) in [5.41, 5.74) is -0.309. The molecule has 1 aliphatic heterocycles. The molecule has 0 aromatic carbocycles. The molecule has 1 fully saturated rings. The van der Waals surface area contributed by atoms with E-state index in [4.69, 9.17) is 9.47 Å². The van der Waals surface area contributed by atoms with Crippen LogP contribution in [-0.2, 0) is 9.53 Å². The van der Waals surface area contributed by atoms with Crippen LogP contribution in [-0.4, -0.2) is 45.5 Å². The molecule has 0 amide bonds. The van der Waals surface area contributed by atoms with Gasteiger partial charge in [-0.2, -0.15) is 4.98 Å². The second kappa shape index (κ2) is 8.39. The Morgan fingerprint density at radius 1 is 1.37 bits per heavy atom. The van der Waals surface area contributed by atoms with Gasteiger partial charge in [-0.05, 0) is 31.9 Å². The Morgan fingerprint density at radius 2 is 2.15 bits per heavy atom. The van der Waals surface area contributed by atoms with Gasteiger partial charge in [0.2, 0.25) is 5.82 Å². The summed E-state index contributed by atoms with van der Waals surface area (Å²) >= 11 is 0. The molecule has 0 N–H and O–H groups in total. The van der Waals surface area contributed by atoms with Gasteiger partial charge in [0, 0.05) is 19.3 Å². The molecule has 27 heavy (non-hydrogen) atoms. The third-order valence-electron chi connectivity index (χ3n) is 4.22. The van der Waals surface area contributed by atoms with Crippen LogP contribution in [0.3, 0.4) is 0 Å². The third-order valence-corrected chi connectivity index (χ3v) is 4.22. The van der Waals surface area contributed by atoms with Gasteiger partial charge in [-0.25, -0.2) is 4.98 Å². The second-order valence-corrected chi connectivity index (χ2v) is 5.91. The maximum Gasteiger partial charge on any atom is 0.373 e. The lowest BCUT2D eigenvalue weighted by Crippen LogP contribution is -2.37. The Morgan fingerprint density at radius 3 is 2.78 bits per heavy atom. The quantitative estimate of drug-likeness (QED) is 0.426. The van der Waals surface area contributed by atoms with Crippen LogP contribution in [0.15, 0.2) is 30.9 Å². The number of nitrogens with zero attached hydrogens (tertiary/aromatic N) is 5. The summed E-state index contributed by atoms with van der Waals surface area (Å²) in [6.07, 6.45) is 5.32. The van der Waals surface area contributed by atoms with Crippen molar-refractivity contribution < 1.29 is 19.2 Å². The van der Waals surface area contributed by atoms with Crippen LogP contribution in [0.5, 0.6) is 11.6 Å². The fourth-order valence-corrected chi connectivity index (χ4v) is 2.93. The lowest BCUT2D eigenvalue weighted by molar-refractivity contribution is -0.385. The molecule has 2 aromatic heterocycles. The molecular weight excluding hydrogens is 354 g/mol. The molecule has 2 aromatic rings. The van der Waals surface area contributed by atoms with Crippen molar-refractivity contribution in [2.45, 2.75) is 19.8 Å². The lowest BCUT2D eigenvalue weighted by atomic mass is 9.97. The minimum atomic E-state index is -0.557.